The van der Waals surface area contributed by atoms with Gasteiger partial charge in [-0.1, -0.05) is 18.7 Å². The first kappa shape index (κ1) is 19.0. The number of aliphatic carboxylic acids is 1. The number of likely N-dealkylation sites (tertiary alicyclic amines) is 1. The number of ether oxygens (including phenoxy) is 1. The number of carbonyl (C=O) groups excluding carboxylic acids is 2. The van der Waals surface area contributed by atoms with Crippen LogP contribution in [0.5, 0.6) is 0 Å². The van der Waals surface area contributed by atoms with Gasteiger partial charge in [0.05, 0.1) is 11.7 Å². The van der Waals surface area contributed by atoms with Crippen LogP contribution in [-0.2, 0) is 19.1 Å². The number of hydrogen-bond acceptors (Lipinski definition) is 5. The number of hydrogen-bond donors (Lipinski definition) is 1. The van der Waals surface area contributed by atoms with Gasteiger partial charge in [0.1, 0.15) is 6.04 Å². The van der Waals surface area contributed by atoms with E-state index in [1.54, 1.807) is 6.92 Å². The normalized spacial score (nSPS) is 23.4. The molecule has 0 bridgehead atoms. The molecule has 0 aromatic heterocycles. The van der Waals surface area contributed by atoms with Crippen LogP contribution >= 0.6 is 11.8 Å². The SMILES string of the molecule is CC(=O)SCC(C)C(=O)N1C[C@@H](OC(C)(C)C)C[C@H]1C(=O)O. The van der Waals surface area contributed by atoms with Crippen LogP contribution in [-0.4, -0.2) is 57.0 Å². The zero-order valence-corrected chi connectivity index (χ0v) is 14.6. The third kappa shape index (κ3) is 5.61. The second kappa shape index (κ2) is 7.46. The summed E-state index contributed by atoms with van der Waals surface area (Å²) in [5, 5.41) is 9.29. The maximum Gasteiger partial charge on any atom is 0.326 e. The summed E-state index contributed by atoms with van der Waals surface area (Å²) in [4.78, 5) is 36.3. The van der Waals surface area contributed by atoms with Crippen LogP contribution in [0.1, 0.15) is 41.0 Å². The summed E-state index contributed by atoms with van der Waals surface area (Å²) in [6.45, 7) is 9.15. The second-order valence-corrected chi connectivity index (χ2v) is 7.83. The molecule has 1 aliphatic rings. The van der Waals surface area contributed by atoms with E-state index < -0.39 is 17.9 Å². The molecule has 1 saturated heterocycles. The predicted octanol–water partition coefficient (Wildman–Crippen LogP) is 1.77. The highest BCUT2D eigenvalue weighted by Crippen LogP contribution is 2.27. The monoisotopic (exact) mass is 331 g/mol. The Balaban J connectivity index is 2.75. The average molecular weight is 331 g/mol. The zero-order chi connectivity index (χ0) is 17.1. The van der Waals surface area contributed by atoms with Crippen molar-refractivity contribution in [3.63, 3.8) is 0 Å². The number of carboxylic acids is 1. The molecule has 126 valence electrons. The third-order valence-corrected chi connectivity index (χ3v) is 4.38. The van der Waals surface area contributed by atoms with Crippen molar-refractivity contribution < 1.29 is 24.2 Å². The van der Waals surface area contributed by atoms with Crippen LogP contribution in [0.2, 0.25) is 0 Å². The van der Waals surface area contributed by atoms with Crippen LogP contribution in [0.4, 0.5) is 0 Å². The maximum absolute atomic E-state index is 12.5. The molecule has 7 heteroatoms. The highest BCUT2D eigenvalue weighted by atomic mass is 32.2. The minimum absolute atomic E-state index is 0.0511. The minimum atomic E-state index is -1.01. The number of nitrogens with zero attached hydrogens (tertiary/aromatic N) is 1. The van der Waals surface area contributed by atoms with Crippen molar-refractivity contribution in [2.75, 3.05) is 12.3 Å². The van der Waals surface area contributed by atoms with Gasteiger partial charge < -0.3 is 14.7 Å². The van der Waals surface area contributed by atoms with Gasteiger partial charge in [-0.15, -0.1) is 0 Å². The maximum atomic E-state index is 12.5. The van der Waals surface area contributed by atoms with E-state index in [2.05, 4.69) is 0 Å². The summed E-state index contributed by atoms with van der Waals surface area (Å²) >= 11 is 1.08. The Labute approximate surface area is 135 Å². The lowest BCUT2D eigenvalue weighted by Gasteiger charge is -2.26. The molecule has 0 radical (unpaired) electrons. The van der Waals surface area contributed by atoms with Crippen molar-refractivity contribution in [1.82, 2.24) is 4.90 Å². The topological polar surface area (TPSA) is 83.9 Å². The van der Waals surface area contributed by atoms with Crippen molar-refractivity contribution in [2.45, 2.75) is 58.8 Å². The van der Waals surface area contributed by atoms with Gasteiger partial charge in [-0.25, -0.2) is 4.79 Å². The largest absolute Gasteiger partial charge is 0.480 e. The number of carbonyl (C=O) groups is 3. The fourth-order valence-corrected chi connectivity index (χ4v) is 3.08. The van der Waals surface area contributed by atoms with Gasteiger partial charge >= 0.3 is 5.97 Å². The van der Waals surface area contributed by atoms with E-state index >= 15 is 0 Å². The van der Waals surface area contributed by atoms with E-state index in [4.69, 9.17) is 4.74 Å². The standard InChI is InChI=1S/C15H25NO5S/c1-9(8-22-10(2)17)13(18)16-7-11(21-15(3,4)5)6-12(16)14(19)20/h9,11-12H,6-8H2,1-5H3,(H,19,20)/t9?,11-,12-/m0/s1. The molecule has 1 rings (SSSR count). The molecule has 0 aromatic carbocycles. The Morgan fingerprint density at radius 2 is 1.95 bits per heavy atom. The Kier molecular flexibility index (Phi) is 6.43. The third-order valence-electron chi connectivity index (χ3n) is 3.31. The van der Waals surface area contributed by atoms with Crippen LogP contribution in [0.3, 0.4) is 0 Å². The fraction of sp³-hybridized carbons (Fsp3) is 0.800. The van der Waals surface area contributed by atoms with Crippen molar-refractivity contribution in [3.8, 4) is 0 Å². The van der Waals surface area contributed by atoms with Crippen LogP contribution < -0.4 is 0 Å². The minimum Gasteiger partial charge on any atom is -0.480 e. The highest BCUT2D eigenvalue weighted by molar-refractivity contribution is 8.13. The summed E-state index contributed by atoms with van der Waals surface area (Å²) in [6, 6.07) is -0.857. The molecule has 0 spiro atoms. The van der Waals surface area contributed by atoms with E-state index in [0.717, 1.165) is 11.8 Å². The molecule has 1 aliphatic heterocycles. The van der Waals surface area contributed by atoms with Crippen molar-refractivity contribution in [1.29, 1.82) is 0 Å². The molecule has 1 fully saturated rings. The Morgan fingerprint density at radius 1 is 1.36 bits per heavy atom. The van der Waals surface area contributed by atoms with Gasteiger partial charge in [0.15, 0.2) is 5.12 Å². The highest BCUT2D eigenvalue weighted by Gasteiger charge is 2.42. The van der Waals surface area contributed by atoms with Gasteiger partial charge in [0.2, 0.25) is 5.91 Å². The quantitative estimate of drug-likeness (QED) is 0.826. The summed E-state index contributed by atoms with van der Waals surface area (Å²) in [7, 11) is 0. The molecule has 0 aliphatic carbocycles. The zero-order valence-electron chi connectivity index (χ0n) is 13.8. The fourth-order valence-electron chi connectivity index (χ4n) is 2.46. The lowest BCUT2D eigenvalue weighted by molar-refractivity contribution is -0.149. The smallest absolute Gasteiger partial charge is 0.326 e. The van der Waals surface area contributed by atoms with Crippen molar-refractivity contribution in [3.05, 3.63) is 0 Å². The summed E-state index contributed by atoms with van der Waals surface area (Å²) in [5.41, 5.74) is -0.386. The molecule has 1 amide bonds. The van der Waals surface area contributed by atoms with E-state index in [-0.39, 0.29) is 29.3 Å². The lowest BCUT2D eigenvalue weighted by atomic mass is 10.1. The summed E-state index contributed by atoms with van der Waals surface area (Å²) < 4.78 is 5.82. The Hall–Kier alpha value is -1.08. The van der Waals surface area contributed by atoms with E-state index in [9.17, 15) is 19.5 Å². The molecular weight excluding hydrogens is 306 g/mol. The van der Waals surface area contributed by atoms with Crippen LogP contribution in [0.25, 0.3) is 0 Å². The van der Waals surface area contributed by atoms with Crippen LogP contribution in [0, 0.1) is 5.92 Å². The molecule has 1 heterocycles. The van der Waals surface area contributed by atoms with Gasteiger partial charge in [0, 0.05) is 31.6 Å². The Morgan fingerprint density at radius 3 is 2.41 bits per heavy atom. The molecule has 6 nitrogen and oxygen atoms in total. The van der Waals surface area contributed by atoms with E-state index in [0.29, 0.717) is 12.2 Å². The molecular formula is C15H25NO5S. The summed E-state index contributed by atoms with van der Waals surface area (Å²) in [5.74, 6) is -1.29. The number of amides is 1. The summed E-state index contributed by atoms with van der Waals surface area (Å²) in [6.07, 6.45) is 0.0166. The van der Waals surface area contributed by atoms with E-state index in [1.165, 1.54) is 11.8 Å². The molecule has 0 aromatic rings. The first-order chi connectivity index (χ1) is 10.0. The molecule has 1 N–H and O–H groups in total. The van der Waals surface area contributed by atoms with Gasteiger partial charge in [0.25, 0.3) is 0 Å². The lowest BCUT2D eigenvalue weighted by Crippen LogP contribution is -2.43. The van der Waals surface area contributed by atoms with Gasteiger partial charge in [-0.2, -0.15) is 0 Å². The Bertz CT molecular complexity index is 446. The van der Waals surface area contributed by atoms with Gasteiger partial charge in [-0.05, 0) is 20.8 Å². The molecule has 22 heavy (non-hydrogen) atoms. The van der Waals surface area contributed by atoms with Crippen LogP contribution in [0.15, 0.2) is 0 Å². The average Bonchev–Trinajstić information content (AvgIpc) is 2.76. The molecule has 1 unspecified atom stereocenters. The first-order valence-corrected chi connectivity index (χ1v) is 8.34. The molecule has 3 atom stereocenters. The number of carboxylic acid groups (broad SMARTS) is 1. The van der Waals surface area contributed by atoms with E-state index in [1.807, 2.05) is 20.8 Å². The number of rotatable bonds is 5. The number of thioether (sulfide) groups is 1. The molecule has 0 saturated carbocycles. The second-order valence-electron chi connectivity index (χ2n) is 6.64. The predicted molar refractivity (Wildman–Crippen MR) is 84.7 cm³/mol. The van der Waals surface area contributed by atoms with Crippen molar-refractivity contribution in [2.24, 2.45) is 5.92 Å². The van der Waals surface area contributed by atoms with Crippen molar-refractivity contribution >= 4 is 28.8 Å². The first-order valence-electron chi connectivity index (χ1n) is 7.35. The van der Waals surface area contributed by atoms with Gasteiger partial charge in [-0.3, -0.25) is 9.59 Å².